The Kier molecular flexibility index (Phi) is 7.60. The second-order valence-electron chi connectivity index (χ2n) is 13.3. The summed E-state index contributed by atoms with van der Waals surface area (Å²) < 4.78 is 0. The summed E-state index contributed by atoms with van der Waals surface area (Å²) in [5, 5.41) is 0. The zero-order chi connectivity index (χ0) is 35.2. The van der Waals surface area contributed by atoms with Crippen LogP contribution >= 0.6 is 0 Å². The predicted molar refractivity (Wildman–Crippen MR) is 218 cm³/mol. The average Bonchev–Trinajstić information content (AvgIpc) is 4.02. The van der Waals surface area contributed by atoms with Crippen molar-refractivity contribution in [3.8, 4) is 56.9 Å². The molecule has 8 bridgehead atoms. The van der Waals surface area contributed by atoms with Gasteiger partial charge in [0, 0.05) is 49.9 Å². The van der Waals surface area contributed by atoms with Crippen LogP contribution in [0.4, 0.5) is 0 Å². The molecule has 9 rings (SSSR count). The van der Waals surface area contributed by atoms with Crippen molar-refractivity contribution in [1.29, 1.82) is 0 Å². The van der Waals surface area contributed by atoms with E-state index in [1.807, 2.05) is 12.1 Å². The molecule has 5 heterocycles. The van der Waals surface area contributed by atoms with E-state index < -0.39 is 0 Å². The highest BCUT2D eigenvalue weighted by Gasteiger charge is 2.19. The van der Waals surface area contributed by atoms with E-state index in [2.05, 4.69) is 169 Å². The normalized spacial score (nSPS) is 11.9. The van der Waals surface area contributed by atoms with Crippen LogP contribution in [-0.2, 0) is 0 Å². The van der Waals surface area contributed by atoms with E-state index in [1.54, 1.807) is 0 Å². The molecule has 0 atom stereocenters. The number of nitrogens with one attached hydrogen (secondary N) is 2. The third-order valence-electron chi connectivity index (χ3n) is 9.84. The Hall–Kier alpha value is -6.96. The zero-order valence-electron chi connectivity index (χ0n) is 28.9. The second-order valence-corrected chi connectivity index (χ2v) is 13.3. The Labute approximate surface area is 302 Å². The Bertz CT molecular complexity index is 2630. The van der Waals surface area contributed by atoms with Crippen molar-refractivity contribution in [2.24, 2.45) is 0 Å². The van der Waals surface area contributed by atoms with Gasteiger partial charge in [-0.15, -0.1) is 6.42 Å². The summed E-state index contributed by atoms with van der Waals surface area (Å²) in [7, 11) is 0. The van der Waals surface area contributed by atoms with Crippen molar-refractivity contribution in [3.05, 3.63) is 167 Å². The largest absolute Gasteiger partial charge is 0.354 e. The summed E-state index contributed by atoms with van der Waals surface area (Å²) in [5.41, 5.74) is 19.0. The molecule has 2 aliphatic heterocycles. The van der Waals surface area contributed by atoms with Crippen LogP contribution in [0, 0.1) is 26.2 Å². The minimum absolute atomic E-state index is 0.826. The topological polar surface area (TPSA) is 57.4 Å². The summed E-state index contributed by atoms with van der Waals surface area (Å²) in [6.45, 7) is 4.22. The molecule has 0 fully saturated rings. The fourth-order valence-corrected chi connectivity index (χ4v) is 7.20. The van der Waals surface area contributed by atoms with Crippen LogP contribution in [0.5, 0.6) is 0 Å². The maximum Gasteiger partial charge on any atom is 0.0738 e. The zero-order valence-corrected chi connectivity index (χ0v) is 28.9. The van der Waals surface area contributed by atoms with Gasteiger partial charge in [0.15, 0.2) is 0 Å². The molecular formula is C48H34N4. The van der Waals surface area contributed by atoms with E-state index in [1.165, 1.54) is 11.1 Å². The Morgan fingerprint density at radius 2 is 0.769 bits per heavy atom. The van der Waals surface area contributed by atoms with Gasteiger partial charge in [-0.1, -0.05) is 108 Å². The van der Waals surface area contributed by atoms with Crippen molar-refractivity contribution in [1.82, 2.24) is 19.9 Å². The number of nitrogens with zero attached hydrogens (tertiary/aromatic N) is 2. The first-order valence-corrected chi connectivity index (χ1v) is 17.5. The lowest BCUT2D eigenvalue weighted by Gasteiger charge is -2.07. The molecule has 0 aliphatic carbocycles. The first-order valence-electron chi connectivity index (χ1n) is 17.5. The Balaban J connectivity index is 1.47. The summed E-state index contributed by atoms with van der Waals surface area (Å²) in [6, 6.07) is 44.6. The molecule has 4 heteroatoms. The number of aryl methyl sites for hydroxylation is 2. The highest BCUT2D eigenvalue weighted by Crippen LogP contribution is 2.38. The van der Waals surface area contributed by atoms with Crippen molar-refractivity contribution >= 4 is 46.4 Å². The number of rotatable bonds is 4. The predicted octanol–water partition coefficient (Wildman–Crippen LogP) is 11.9. The monoisotopic (exact) mass is 666 g/mol. The van der Waals surface area contributed by atoms with Gasteiger partial charge in [0.05, 0.1) is 22.8 Å². The molecule has 2 aliphatic rings. The molecule has 0 saturated carbocycles. The fourth-order valence-electron chi connectivity index (χ4n) is 7.20. The first-order chi connectivity index (χ1) is 25.5. The van der Waals surface area contributed by atoms with Gasteiger partial charge in [0.1, 0.15) is 0 Å². The number of aromatic nitrogens is 4. The molecule has 0 amide bonds. The van der Waals surface area contributed by atoms with Gasteiger partial charge in [-0.25, -0.2) is 9.97 Å². The summed E-state index contributed by atoms with van der Waals surface area (Å²) in [5.74, 6) is 2.75. The van der Waals surface area contributed by atoms with Crippen LogP contribution in [0.3, 0.4) is 0 Å². The van der Waals surface area contributed by atoms with E-state index in [0.717, 1.165) is 94.9 Å². The Morgan fingerprint density at radius 3 is 1.21 bits per heavy atom. The quantitative estimate of drug-likeness (QED) is 0.184. The molecule has 0 saturated heterocycles. The van der Waals surface area contributed by atoms with E-state index in [4.69, 9.17) is 16.4 Å². The van der Waals surface area contributed by atoms with E-state index in [0.29, 0.717) is 0 Å². The van der Waals surface area contributed by atoms with E-state index in [9.17, 15) is 0 Å². The first kappa shape index (κ1) is 31.1. The minimum atomic E-state index is 0.826. The number of fused-ring (bicyclic) bond motifs is 8. The molecule has 0 radical (unpaired) electrons. The molecule has 52 heavy (non-hydrogen) atoms. The standard InChI is InChI=1S/C48H34N4/c1-4-32-14-20-36(21-15-32)48-43-28-26-41(51-43)46(34-16-10-30(2)11-17-34)39-24-22-37(49-39)45(33-8-6-5-7-9-33)38-23-25-40(50-38)47(42-27-29-44(48)52-42)35-18-12-31(3)13-19-35/h1,5-29,49-50H,2-3H3. The lowest BCUT2D eigenvalue weighted by atomic mass is 10.0. The molecule has 0 unspecified atom stereocenters. The third-order valence-corrected chi connectivity index (χ3v) is 9.84. The van der Waals surface area contributed by atoms with Crippen molar-refractivity contribution in [2.45, 2.75) is 13.8 Å². The number of hydrogen-bond acceptors (Lipinski definition) is 2. The van der Waals surface area contributed by atoms with Crippen LogP contribution < -0.4 is 0 Å². The van der Waals surface area contributed by atoms with E-state index in [-0.39, 0.29) is 0 Å². The van der Waals surface area contributed by atoms with Gasteiger partial charge < -0.3 is 9.97 Å². The minimum Gasteiger partial charge on any atom is -0.354 e. The highest BCUT2D eigenvalue weighted by atomic mass is 14.8. The van der Waals surface area contributed by atoms with Crippen LogP contribution in [0.2, 0.25) is 0 Å². The molecule has 7 aromatic rings. The van der Waals surface area contributed by atoms with Gasteiger partial charge in [-0.2, -0.15) is 0 Å². The van der Waals surface area contributed by atoms with Gasteiger partial charge in [-0.3, -0.25) is 0 Å². The molecule has 4 nitrogen and oxygen atoms in total. The molecule has 246 valence electrons. The van der Waals surface area contributed by atoms with Crippen LogP contribution in [0.15, 0.2) is 127 Å². The fraction of sp³-hybridized carbons (Fsp3) is 0.0417. The molecule has 3 aromatic heterocycles. The SMILES string of the molecule is C#Cc1ccc(-c2c3nc(c(-c4ccc(C)cc4)c4ccc([nH]4)c(-c4ccccc4)c4ccc([nH]4)c(-c4ccc(C)cc4)c4nc2C=C4)C=C3)cc1. The molecule has 2 N–H and O–H groups in total. The van der Waals surface area contributed by atoms with Gasteiger partial charge >= 0.3 is 0 Å². The maximum absolute atomic E-state index is 5.76. The van der Waals surface area contributed by atoms with E-state index >= 15 is 0 Å². The lowest BCUT2D eigenvalue weighted by molar-refractivity contribution is 1.27. The van der Waals surface area contributed by atoms with Gasteiger partial charge in [-0.05, 0) is 96.8 Å². The summed E-state index contributed by atoms with van der Waals surface area (Å²) >= 11 is 0. The van der Waals surface area contributed by atoms with Crippen LogP contribution in [0.1, 0.15) is 39.5 Å². The molecular weight excluding hydrogens is 633 g/mol. The second kappa shape index (κ2) is 12.7. The summed E-state index contributed by atoms with van der Waals surface area (Å²) in [4.78, 5) is 18.4. The van der Waals surface area contributed by atoms with Gasteiger partial charge in [0.2, 0.25) is 0 Å². The van der Waals surface area contributed by atoms with Crippen molar-refractivity contribution < 1.29 is 0 Å². The van der Waals surface area contributed by atoms with Crippen molar-refractivity contribution in [2.75, 3.05) is 0 Å². The number of aromatic amines is 2. The third kappa shape index (κ3) is 5.55. The Morgan fingerprint density at radius 1 is 0.404 bits per heavy atom. The molecule has 4 aromatic carbocycles. The average molecular weight is 667 g/mol. The van der Waals surface area contributed by atoms with Crippen LogP contribution in [0.25, 0.3) is 90.9 Å². The van der Waals surface area contributed by atoms with Crippen molar-refractivity contribution in [3.63, 3.8) is 0 Å². The highest BCUT2D eigenvalue weighted by molar-refractivity contribution is 6.00. The lowest BCUT2D eigenvalue weighted by Crippen LogP contribution is -1.91. The number of H-pyrrole nitrogens is 2. The summed E-state index contributed by atoms with van der Waals surface area (Å²) in [6.07, 6.45) is 14.2. The van der Waals surface area contributed by atoms with Crippen LogP contribution in [-0.4, -0.2) is 19.9 Å². The number of benzene rings is 4. The maximum atomic E-state index is 5.76. The smallest absolute Gasteiger partial charge is 0.0738 e. The van der Waals surface area contributed by atoms with Gasteiger partial charge in [0.25, 0.3) is 0 Å². The molecule has 0 spiro atoms. The number of hydrogen-bond donors (Lipinski definition) is 2. The number of terminal acetylenes is 1.